The van der Waals surface area contributed by atoms with E-state index in [4.69, 9.17) is 0 Å². The molecule has 0 radical (unpaired) electrons. The van der Waals surface area contributed by atoms with Gasteiger partial charge in [-0.2, -0.15) is 0 Å². The highest BCUT2D eigenvalue weighted by atomic mass is 16.3. The number of aromatic nitrogens is 2. The van der Waals surface area contributed by atoms with E-state index in [2.05, 4.69) is 34.4 Å². The average molecular weight is 465 g/mol. The molecule has 182 valence electrons. The number of aliphatic hydroxyl groups is 1. The van der Waals surface area contributed by atoms with Gasteiger partial charge in [0.15, 0.2) is 0 Å². The Kier molecular flexibility index (Phi) is 7.31. The van der Waals surface area contributed by atoms with E-state index < -0.39 is 6.10 Å². The summed E-state index contributed by atoms with van der Waals surface area (Å²) in [6.07, 6.45) is 8.00. The van der Waals surface area contributed by atoms with Gasteiger partial charge in [0.25, 0.3) is 5.91 Å². The van der Waals surface area contributed by atoms with Crippen molar-refractivity contribution >= 4 is 11.8 Å². The van der Waals surface area contributed by atoms with Gasteiger partial charge < -0.3 is 15.7 Å². The maximum Gasteiger partial charge on any atom is 0.251 e. The number of carbonyl (C=O) groups excluding carboxylic acids is 2. The molecule has 2 aliphatic rings. The van der Waals surface area contributed by atoms with Crippen molar-refractivity contribution in [1.29, 1.82) is 0 Å². The Morgan fingerprint density at radius 1 is 1.15 bits per heavy atom. The molecule has 0 aromatic carbocycles. The summed E-state index contributed by atoms with van der Waals surface area (Å²) in [6, 6.07) is 9.04. The number of rotatable bonds is 6. The first kappa shape index (κ1) is 24.3. The number of nitrogens with one attached hydrogen (secondary N) is 2. The zero-order valence-corrected chi connectivity index (χ0v) is 20.3. The van der Waals surface area contributed by atoms with E-state index in [1.807, 2.05) is 25.1 Å². The molecule has 2 amide bonds. The number of hydrogen-bond donors (Lipinski definition) is 3. The number of hydrogen-bond acceptors (Lipinski definition) is 5. The Labute approximate surface area is 201 Å². The van der Waals surface area contributed by atoms with E-state index in [0.717, 1.165) is 31.4 Å². The molecule has 0 bridgehead atoms. The lowest BCUT2D eigenvalue weighted by Gasteiger charge is -2.56. The summed E-state index contributed by atoms with van der Waals surface area (Å²) in [6.45, 7) is 6.70. The van der Waals surface area contributed by atoms with Crippen LogP contribution in [0.2, 0.25) is 0 Å². The Morgan fingerprint density at radius 2 is 1.88 bits per heavy atom. The SMILES string of the molecule is C[C@@H]1[C@@H]2[C@@H](O)[C@@H]([C@H](C)C(=O)NCc3ccccn3)CC[C@]2(C)CC[C@@H]1NC(=O)c1ccncc1. The van der Waals surface area contributed by atoms with Gasteiger partial charge in [0, 0.05) is 36.1 Å². The molecule has 2 aliphatic carbocycles. The molecular formula is C27H36N4O3. The molecule has 2 fully saturated rings. The molecule has 4 rings (SSSR count). The number of aliphatic hydroxyl groups excluding tert-OH is 1. The summed E-state index contributed by atoms with van der Waals surface area (Å²) in [7, 11) is 0. The van der Waals surface area contributed by atoms with Crippen LogP contribution >= 0.6 is 0 Å². The monoisotopic (exact) mass is 464 g/mol. The molecule has 34 heavy (non-hydrogen) atoms. The van der Waals surface area contributed by atoms with Crippen molar-refractivity contribution in [3.05, 3.63) is 60.2 Å². The zero-order chi connectivity index (χ0) is 24.3. The molecule has 0 unspecified atom stereocenters. The van der Waals surface area contributed by atoms with Crippen molar-refractivity contribution in [2.24, 2.45) is 29.1 Å². The molecule has 2 aromatic rings. The van der Waals surface area contributed by atoms with Crippen molar-refractivity contribution in [2.45, 2.75) is 65.1 Å². The lowest BCUT2D eigenvalue weighted by molar-refractivity contribution is -0.142. The Bertz CT molecular complexity index is 986. The van der Waals surface area contributed by atoms with Gasteiger partial charge in [0.05, 0.1) is 18.3 Å². The smallest absolute Gasteiger partial charge is 0.251 e. The molecule has 2 heterocycles. The lowest BCUT2D eigenvalue weighted by atomic mass is 9.51. The zero-order valence-electron chi connectivity index (χ0n) is 20.3. The predicted octanol–water partition coefficient (Wildman–Crippen LogP) is 3.35. The van der Waals surface area contributed by atoms with Gasteiger partial charge >= 0.3 is 0 Å². The van der Waals surface area contributed by atoms with Crippen LogP contribution in [-0.4, -0.2) is 39.0 Å². The molecule has 0 saturated heterocycles. The standard InChI is InChI=1S/C27H36N4O3/c1-17(25(33)30-16-20-6-4-5-13-29-20)21-7-11-27(3)12-8-22(18(2)23(27)24(21)32)31-26(34)19-9-14-28-15-10-19/h4-6,9-10,13-15,17-18,21-24,32H,7-8,11-12,16H2,1-3H3,(H,30,33)(H,31,34)/t17-,18-,21+,22-,23+,24-,27+/m0/s1. The second-order valence-corrected chi connectivity index (χ2v) is 10.4. The molecule has 0 aliphatic heterocycles. The van der Waals surface area contributed by atoms with Gasteiger partial charge in [-0.05, 0) is 73.1 Å². The second kappa shape index (κ2) is 10.2. The maximum atomic E-state index is 12.9. The quantitative estimate of drug-likeness (QED) is 0.608. The molecule has 3 N–H and O–H groups in total. The molecule has 2 aromatic heterocycles. The topological polar surface area (TPSA) is 104 Å². The summed E-state index contributed by atoms with van der Waals surface area (Å²) >= 11 is 0. The van der Waals surface area contributed by atoms with Crippen molar-refractivity contribution in [3.63, 3.8) is 0 Å². The largest absolute Gasteiger partial charge is 0.392 e. The molecule has 2 saturated carbocycles. The summed E-state index contributed by atoms with van der Waals surface area (Å²) in [4.78, 5) is 34.0. The Hall–Kier alpha value is -2.80. The van der Waals surface area contributed by atoms with Gasteiger partial charge in [-0.15, -0.1) is 0 Å². The van der Waals surface area contributed by atoms with Gasteiger partial charge in [0.1, 0.15) is 0 Å². The predicted molar refractivity (Wildman–Crippen MR) is 129 cm³/mol. The third-order valence-electron chi connectivity index (χ3n) is 8.37. The van der Waals surface area contributed by atoms with Crippen LogP contribution in [0.15, 0.2) is 48.9 Å². The molecule has 7 atom stereocenters. The van der Waals surface area contributed by atoms with Gasteiger partial charge in [0.2, 0.25) is 5.91 Å². The first-order valence-electron chi connectivity index (χ1n) is 12.4. The van der Waals surface area contributed by atoms with E-state index in [1.54, 1.807) is 30.7 Å². The van der Waals surface area contributed by atoms with Gasteiger partial charge in [-0.25, -0.2) is 0 Å². The Balaban J connectivity index is 1.42. The summed E-state index contributed by atoms with van der Waals surface area (Å²) in [5, 5.41) is 17.7. The highest BCUT2D eigenvalue weighted by Gasteiger charge is 2.53. The number of nitrogens with zero attached hydrogens (tertiary/aromatic N) is 2. The fourth-order valence-electron chi connectivity index (χ4n) is 6.29. The van der Waals surface area contributed by atoms with E-state index in [-0.39, 0.29) is 46.9 Å². The third-order valence-corrected chi connectivity index (χ3v) is 8.37. The highest BCUT2D eigenvalue weighted by molar-refractivity contribution is 5.94. The van der Waals surface area contributed by atoms with Crippen LogP contribution < -0.4 is 10.6 Å². The summed E-state index contributed by atoms with van der Waals surface area (Å²) in [5.41, 5.74) is 1.42. The van der Waals surface area contributed by atoms with E-state index >= 15 is 0 Å². The van der Waals surface area contributed by atoms with Crippen LogP contribution in [0.3, 0.4) is 0 Å². The lowest BCUT2D eigenvalue weighted by Crippen LogP contribution is -2.58. The van der Waals surface area contributed by atoms with Crippen molar-refractivity contribution < 1.29 is 14.7 Å². The third kappa shape index (κ3) is 4.99. The summed E-state index contributed by atoms with van der Waals surface area (Å²) < 4.78 is 0. The highest BCUT2D eigenvalue weighted by Crippen LogP contribution is 2.55. The molecular weight excluding hydrogens is 428 g/mol. The normalized spacial score (nSPS) is 31.7. The van der Waals surface area contributed by atoms with E-state index in [9.17, 15) is 14.7 Å². The minimum atomic E-state index is -0.593. The fraction of sp³-hybridized carbons (Fsp3) is 0.556. The molecule has 7 nitrogen and oxygen atoms in total. The first-order valence-corrected chi connectivity index (χ1v) is 12.4. The van der Waals surface area contributed by atoms with Crippen LogP contribution in [0.4, 0.5) is 0 Å². The number of amides is 2. The second-order valence-electron chi connectivity index (χ2n) is 10.4. The molecule has 7 heteroatoms. The molecule has 0 spiro atoms. The van der Waals surface area contributed by atoms with Crippen LogP contribution in [0.5, 0.6) is 0 Å². The summed E-state index contributed by atoms with van der Waals surface area (Å²) in [5.74, 6) is -0.447. The van der Waals surface area contributed by atoms with E-state index in [0.29, 0.717) is 12.1 Å². The maximum absolute atomic E-state index is 12.9. The number of carbonyl (C=O) groups is 2. The van der Waals surface area contributed by atoms with Crippen LogP contribution in [0.25, 0.3) is 0 Å². The van der Waals surface area contributed by atoms with E-state index in [1.165, 1.54) is 0 Å². The number of pyridine rings is 2. The first-order chi connectivity index (χ1) is 16.3. The van der Waals surface area contributed by atoms with Gasteiger partial charge in [-0.3, -0.25) is 19.6 Å². The minimum absolute atomic E-state index is 0.0113. The van der Waals surface area contributed by atoms with Crippen molar-refractivity contribution in [2.75, 3.05) is 0 Å². The van der Waals surface area contributed by atoms with Crippen molar-refractivity contribution in [1.82, 2.24) is 20.6 Å². The van der Waals surface area contributed by atoms with Gasteiger partial charge in [-0.1, -0.05) is 26.8 Å². The average Bonchev–Trinajstić information content (AvgIpc) is 2.85. The van der Waals surface area contributed by atoms with Crippen LogP contribution in [0.1, 0.15) is 62.5 Å². The number of fused-ring (bicyclic) bond motifs is 1. The Morgan fingerprint density at radius 3 is 2.59 bits per heavy atom. The van der Waals surface area contributed by atoms with Crippen LogP contribution in [-0.2, 0) is 11.3 Å². The van der Waals surface area contributed by atoms with Crippen molar-refractivity contribution in [3.8, 4) is 0 Å². The fourth-order valence-corrected chi connectivity index (χ4v) is 6.29. The minimum Gasteiger partial charge on any atom is -0.392 e. The van der Waals surface area contributed by atoms with Crippen LogP contribution in [0, 0.1) is 29.1 Å².